The Hall–Kier alpha value is -2.15. The van der Waals surface area contributed by atoms with Gasteiger partial charge in [0, 0.05) is 6.07 Å². The molecule has 7 nitrogen and oxygen atoms in total. The Morgan fingerprint density at radius 2 is 2.39 bits per heavy atom. The van der Waals surface area contributed by atoms with Gasteiger partial charge in [-0.1, -0.05) is 17.7 Å². The van der Waals surface area contributed by atoms with E-state index in [1.165, 1.54) is 18.2 Å². The Kier molecular flexibility index (Phi) is 5.06. The highest BCUT2D eigenvalue weighted by molar-refractivity contribution is 6.33. The average molecular weight is 272 g/mol. The number of hydrazone groups is 1. The highest BCUT2D eigenvalue weighted by atomic mass is 35.5. The van der Waals surface area contributed by atoms with Gasteiger partial charge in [0.2, 0.25) is 0 Å². The lowest BCUT2D eigenvalue weighted by Gasteiger charge is -2.01. The number of hydrogen-bond acceptors (Lipinski definition) is 5. The molecule has 1 aromatic carbocycles. The van der Waals surface area contributed by atoms with Crippen LogP contribution in [0.15, 0.2) is 23.3 Å². The first-order valence-electron chi connectivity index (χ1n) is 4.95. The molecule has 0 atom stereocenters. The van der Waals surface area contributed by atoms with Crippen LogP contribution < -0.4 is 5.43 Å². The van der Waals surface area contributed by atoms with Gasteiger partial charge >= 0.3 is 6.09 Å². The van der Waals surface area contributed by atoms with Crippen molar-refractivity contribution in [2.45, 2.75) is 6.92 Å². The number of carbonyl (C=O) groups excluding carboxylic acids is 1. The number of carbonyl (C=O) groups is 1. The monoisotopic (exact) mass is 271 g/mol. The molecule has 0 bridgehead atoms. The zero-order valence-electron chi connectivity index (χ0n) is 9.42. The Morgan fingerprint density at radius 3 is 3.00 bits per heavy atom. The molecule has 96 valence electrons. The summed E-state index contributed by atoms with van der Waals surface area (Å²) >= 11 is 5.81. The van der Waals surface area contributed by atoms with Crippen molar-refractivity contribution in [3.05, 3.63) is 38.9 Å². The van der Waals surface area contributed by atoms with E-state index in [0.29, 0.717) is 0 Å². The number of nitrogens with one attached hydrogen (secondary N) is 1. The minimum atomic E-state index is -0.747. The quantitative estimate of drug-likeness (QED) is 0.516. The molecule has 0 fully saturated rings. The van der Waals surface area contributed by atoms with Crippen molar-refractivity contribution in [2.75, 3.05) is 6.61 Å². The molecule has 0 saturated heterocycles. The Morgan fingerprint density at radius 1 is 1.67 bits per heavy atom. The van der Waals surface area contributed by atoms with E-state index in [1.807, 2.05) is 0 Å². The van der Waals surface area contributed by atoms with E-state index in [2.05, 4.69) is 15.3 Å². The lowest BCUT2D eigenvalue weighted by atomic mass is 10.2. The highest BCUT2D eigenvalue weighted by Gasteiger charge is 2.14. The molecule has 1 aromatic rings. The minimum absolute atomic E-state index is 0.112. The van der Waals surface area contributed by atoms with Gasteiger partial charge in [-0.25, -0.2) is 10.2 Å². The number of ether oxygens (including phenoxy) is 1. The molecule has 0 aliphatic carbocycles. The van der Waals surface area contributed by atoms with Gasteiger partial charge in [0.1, 0.15) is 0 Å². The molecule has 0 heterocycles. The van der Waals surface area contributed by atoms with Crippen molar-refractivity contribution >= 4 is 29.6 Å². The number of halogens is 1. The second-order valence-electron chi connectivity index (χ2n) is 3.02. The molecule has 0 radical (unpaired) electrons. The molecular weight excluding hydrogens is 262 g/mol. The summed E-state index contributed by atoms with van der Waals surface area (Å²) in [5.41, 5.74) is 1.97. The van der Waals surface area contributed by atoms with Crippen LogP contribution in [-0.4, -0.2) is 23.8 Å². The number of nitrogens with zero attached hydrogens (tertiary/aromatic N) is 2. The molecule has 1 amide bonds. The standard InChI is InChI=1S/C10H10ClN3O4/c1-2-18-10(15)13-12-6-7-8(11)4-3-5-9(7)14(16)17/h3-6H,2H2,1H3,(H,13,15)/b12-6+. The van der Waals surface area contributed by atoms with Crippen LogP contribution in [0.25, 0.3) is 0 Å². The maximum absolute atomic E-state index is 10.9. The predicted molar refractivity (Wildman–Crippen MR) is 65.9 cm³/mol. The van der Waals surface area contributed by atoms with Crippen LogP contribution in [0.4, 0.5) is 10.5 Å². The van der Waals surface area contributed by atoms with E-state index in [9.17, 15) is 14.9 Å². The van der Waals surface area contributed by atoms with E-state index in [4.69, 9.17) is 11.6 Å². The van der Waals surface area contributed by atoms with Gasteiger partial charge in [-0.3, -0.25) is 10.1 Å². The molecule has 1 rings (SSSR count). The summed E-state index contributed by atoms with van der Waals surface area (Å²) in [7, 11) is 0. The van der Waals surface area contributed by atoms with Crippen LogP contribution in [0, 0.1) is 10.1 Å². The molecule has 0 aliphatic rings. The fraction of sp³-hybridized carbons (Fsp3) is 0.200. The number of rotatable bonds is 4. The molecule has 0 saturated carbocycles. The van der Waals surface area contributed by atoms with Crippen LogP contribution in [0.1, 0.15) is 12.5 Å². The van der Waals surface area contributed by atoms with E-state index in [1.54, 1.807) is 6.92 Å². The van der Waals surface area contributed by atoms with Crippen molar-refractivity contribution in [3.8, 4) is 0 Å². The molecule has 0 aromatic heterocycles. The highest BCUT2D eigenvalue weighted by Crippen LogP contribution is 2.24. The maximum Gasteiger partial charge on any atom is 0.427 e. The van der Waals surface area contributed by atoms with Crippen LogP contribution in [0.3, 0.4) is 0 Å². The number of nitro groups is 1. The summed E-state index contributed by atoms with van der Waals surface area (Å²) in [6.07, 6.45) is 0.348. The molecule has 8 heteroatoms. The van der Waals surface area contributed by atoms with Gasteiger partial charge in [-0.15, -0.1) is 0 Å². The van der Waals surface area contributed by atoms with Crippen molar-refractivity contribution in [3.63, 3.8) is 0 Å². The molecular formula is C10H10ClN3O4. The van der Waals surface area contributed by atoms with Gasteiger partial charge in [0.25, 0.3) is 5.69 Å². The Bertz CT molecular complexity index is 490. The predicted octanol–water partition coefficient (Wildman–Crippen LogP) is 2.33. The van der Waals surface area contributed by atoms with Crippen molar-refractivity contribution < 1.29 is 14.5 Å². The normalized spacial score (nSPS) is 10.3. The topological polar surface area (TPSA) is 93.8 Å². The molecule has 0 spiro atoms. The van der Waals surface area contributed by atoms with E-state index in [0.717, 1.165) is 6.21 Å². The number of nitro benzene ring substituents is 1. The zero-order valence-corrected chi connectivity index (χ0v) is 10.2. The second-order valence-corrected chi connectivity index (χ2v) is 3.43. The summed E-state index contributed by atoms with van der Waals surface area (Å²) in [6.45, 7) is 1.84. The molecule has 1 N–H and O–H groups in total. The van der Waals surface area contributed by atoms with E-state index >= 15 is 0 Å². The SMILES string of the molecule is CCOC(=O)N/N=C/c1c(Cl)cccc1[N+](=O)[O-]. The molecule has 18 heavy (non-hydrogen) atoms. The zero-order chi connectivity index (χ0) is 13.5. The Balaban J connectivity index is 2.86. The van der Waals surface area contributed by atoms with Gasteiger partial charge in [0.15, 0.2) is 0 Å². The first kappa shape index (κ1) is 13.9. The summed E-state index contributed by atoms with van der Waals surface area (Å²) < 4.78 is 4.56. The Labute approximate surface area is 108 Å². The van der Waals surface area contributed by atoms with Crippen molar-refractivity contribution in [1.29, 1.82) is 0 Å². The third kappa shape index (κ3) is 3.70. The molecule has 0 unspecified atom stereocenters. The van der Waals surface area contributed by atoms with E-state index in [-0.39, 0.29) is 22.9 Å². The fourth-order valence-electron chi connectivity index (χ4n) is 1.13. The van der Waals surface area contributed by atoms with Crippen molar-refractivity contribution in [1.82, 2.24) is 5.43 Å². The van der Waals surface area contributed by atoms with Gasteiger partial charge in [0.05, 0.1) is 28.3 Å². The van der Waals surface area contributed by atoms with Gasteiger partial charge in [-0.2, -0.15) is 5.10 Å². The first-order valence-corrected chi connectivity index (χ1v) is 5.32. The fourth-order valence-corrected chi connectivity index (χ4v) is 1.34. The minimum Gasteiger partial charge on any atom is -0.449 e. The summed E-state index contributed by atoms with van der Waals surface area (Å²) in [5, 5.41) is 14.4. The van der Waals surface area contributed by atoms with Crippen LogP contribution in [-0.2, 0) is 4.74 Å². The number of amides is 1. The third-order valence-electron chi connectivity index (χ3n) is 1.85. The first-order chi connectivity index (χ1) is 8.56. The number of benzene rings is 1. The summed E-state index contributed by atoms with van der Waals surface area (Å²) in [5.74, 6) is 0. The lowest BCUT2D eigenvalue weighted by molar-refractivity contribution is -0.385. The smallest absolute Gasteiger partial charge is 0.427 e. The van der Waals surface area contributed by atoms with Crippen LogP contribution in [0.5, 0.6) is 0 Å². The summed E-state index contributed by atoms with van der Waals surface area (Å²) in [6, 6.07) is 4.23. The average Bonchev–Trinajstić information content (AvgIpc) is 2.31. The molecule has 0 aliphatic heterocycles. The van der Waals surface area contributed by atoms with Gasteiger partial charge < -0.3 is 4.74 Å². The largest absolute Gasteiger partial charge is 0.449 e. The number of hydrogen-bond donors (Lipinski definition) is 1. The van der Waals surface area contributed by atoms with E-state index < -0.39 is 11.0 Å². The summed E-state index contributed by atoms with van der Waals surface area (Å²) in [4.78, 5) is 21.1. The third-order valence-corrected chi connectivity index (χ3v) is 2.18. The van der Waals surface area contributed by atoms with Crippen LogP contribution in [0.2, 0.25) is 5.02 Å². The second kappa shape index (κ2) is 6.55. The van der Waals surface area contributed by atoms with Gasteiger partial charge in [-0.05, 0) is 13.0 Å². The van der Waals surface area contributed by atoms with Crippen molar-refractivity contribution in [2.24, 2.45) is 5.10 Å². The maximum atomic E-state index is 10.9. The van der Waals surface area contributed by atoms with Crippen LogP contribution >= 0.6 is 11.6 Å². The lowest BCUT2D eigenvalue weighted by Crippen LogP contribution is -2.18.